The second kappa shape index (κ2) is 6.63. The highest BCUT2D eigenvalue weighted by molar-refractivity contribution is 5.80. The van der Waals surface area contributed by atoms with Crippen molar-refractivity contribution in [3.8, 4) is 0 Å². The zero-order valence-electron chi connectivity index (χ0n) is 11.1. The predicted molar refractivity (Wildman–Crippen MR) is 70.0 cm³/mol. The molecule has 1 aliphatic heterocycles. The zero-order valence-corrected chi connectivity index (χ0v) is 11.1. The van der Waals surface area contributed by atoms with E-state index in [1.807, 2.05) is 4.90 Å². The van der Waals surface area contributed by atoms with Crippen LogP contribution in [0, 0.1) is 5.82 Å². The maximum absolute atomic E-state index is 12.9. The van der Waals surface area contributed by atoms with Crippen LogP contribution in [0.25, 0.3) is 0 Å². The van der Waals surface area contributed by atoms with E-state index in [4.69, 9.17) is 4.74 Å². The lowest BCUT2D eigenvalue weighted by atomic mass is 10.1. The molecular weight excluding hydrogens is 247 g/mol. The molecule has 1 aromatic carbocycles. The van der Waals surface area contributed by atoms with E-state index < -0.39 is 0 Å². The Kier molecular flexibility index (Phi) is 4.87. The molecule has 104 valence electrons. The zero-order chi connectivity index (χ0) is 13.7. The SMILES string of the molecule is COCCCCN1C(=O)CNC1c1ccc(F)cc1. The number of ether oxygens (including phenoxy) is 1. The summed E-state index contributed by atoms with van der Waals surface area (Å²) in [6.45, 7) is 1.74. The first-order valence-electron chi connectivity index (χ1n) is 6.49. The van der Waals surface area contributed by atoms with Crippen LogP contribution in [0.15, 0.2) is 24.3 Å². The van der Waals surface area contributed by atoms with Crippen molar-refractivity contribution in [2.75, 3.05) is 26.8 Å². The Morgan fingerprint density at radius 1 is 1.37 bits per heavy atom. The number of carbonyl (C=O) groups is 1. The van der Waals surface area contributed by atoms with E-state index in [-0.39, 0.29) is 17.9 Å². The third kappa shape index (κ3) is 3.52. The van der Waals surface area contributed by atoms with Gasteiger partial charge in [-0.1, -0.05) is 12.1 Å². The second-order valence-electron chi connectivity index (χ2n) is 4.62. The summed E-state index contributed by atoms with van der Waals surface area (Å²) in [5.41, 5.74) is 0.916. The molecule has 0 spiro atoms. The average molecular weight is 266 g/mol. The maximum atomic E-state index is 12.9. The van der Waals surface area contributed by atoms with Gasteiger partial charge in [0.25, 0.3) is 0 Å². The molecule has 1 fully saturated rings. The molecule has 0 aromatic heterocycles. The summed E-state index contributed by atoms with van der Waals surface area (Å²) in [5, 5.41) is 3.16. The summed E-state index contributed by atoms with van der Waals surface area (Å²) in [5.74, 6) is -0.175. The fraction of sp³-hybridized carbons (Fsp3) is 0.500. The largest absolute Gasteiger partial charge is 0.385 e. The Morgan fingerprint density at radius 2 is 2.11 bits per heavy atom. The van der Waals surface area contributed by atoms with E-state index in [0.717, 1.165) is 18.4 Å². The fourth-order valence-corrected chi connectivity index (χ4v) is 2.26. The molecule has 0 saturated carbocycles. The Hall–Kier alpha value is -1.46. The van der Waals surface area contributed by atoms with E-state index in [1.54, 1.807) is 19.2 Å². The van der Waals surface area contributed by atoms with Gasteiger partial charge in [0.05, 0.1) is 6.54 Å². The molecule has 1 saturated heterocycles. The molecular formula is C14H19FN2O2. The van der Waals surface area contributed by atoms with Gasteiger partial charge in [-0.3, -0.25) is 10.1 Å². The first-order valence-corrected chi connectivity index (χ1v) is 6.49. The van der Waals surface area contributed by atoms with E-state index in [9.17, 15) is 9.18 Å². The van der Waals surface area contributed by atoms with E-state index in [2.05, 4.69) is 5.32 Å². The van der Waals surface area contributed by atoms with Crippen molar-refractivity contribution >= 4 is 5.91 Å². The third-order valence-electron chi connectivity index (χ3n) is 3.26. The summed E-state index contributed by atoms with van der Waals surface area (Å²) in [6, 6.07) is 6.27. The molecule has 2 rings (SSSR count). The molecule has 1 aromatic rings. The van der Waals surface area contributed by atoms with Gasteiger partial charge in [0.2, 0.25) is 5.91 Å². The molecule has 5 heteroatoms. The molecule has 1 unspecified atom stereocenters. The van der Waals surface area contributed by atoms with Crippen molar-refractivity contribution in [1.29, 1.82) is 0 Å². The van der Waals surface area contributed by atoms with Crippen LogP contribution in [0.1, 0.15) is 24.6 Å². The smallest absolute Gasteiger partial charge is 0.238 e. The van der Waals surface area contributed by atoms with Crippen LogP contribution in [-0.4, -0.2) is 37.6 Å². The topological polar surface area (TPSA) is 41.6 Å². The second-order valence-corrected chi connectivity index (χ2v) is 4.62. The lowest BCUT2D eigenvalue weighted by molar-refractivity contribution is -0.128. The molecule has 1 aliphatic rings. The Labute approximate surface area is 112 Å². The molecule has 0 aliphatic carbocycles. The van der Waals surface area contributed by atoms with Crippen molar-refractivity contribution in [3.05, 3.63) is 35.6 Å². The summed E-state index contributed by atoms with van der Waals surface area (Å²) < 4.78 is 17.9. The average Bonchev–Trinajstić information content (AvgIpc) is 2.77. The number of nitrogens with zero attached hydrogens (tertiary/aromatic N) is 1. The minimum Gasteiger partial charge on any atom is -0.385 e. The Bertz CT molecular complexity index is 422. The van der Waals surface area contributed by atoms with Crippen LogP contribution in [0.5, 0.6) is 0 Å². The van der Waals surface area contributed by atoms with Gasteiger partial charge in [0, 0.05) is 20.3 Å². The van der Waals surface area contributed by atoms with Crippen molar-refractivity contribution in [2.24, 2.45) is 0 Å². The first-order chi connectivity index (χ1) is 9.22. The monoisotopic (exact) mass is 266 g/mol. The maximum Gasteiger partial charge on any atom is 0.238 e. The number of nitrogens with one attached hydrogen (secondary N) is 1. The van der Waals surface area contributed by atoms with Gasteiger partial charge in [-0.25, -0.2) is 4.39 Å². The molecule has 1 atom stereocenters. The van der Waals surface area contributed by atoms with Gasteiger partial charge in [-0.15, -0.1) is 0 Å². The Balaban J connectivity index is 1.98. The Morgan fingerprint density at radius 3 is 2.79 bits per heavy atom. The third-order valence-corrected chi connectivity index (χ3v) is 3.26. The number of halogens is 1. The minimum atomic E-state index is -0.264. The summed E-state index contributed by atoms with van der Waals surface area (Å²) in [6.07, 6.45) is 1.69. The highest BCUT2D eigenvalue weighted by atomic mass is 19.1. The fourth-order valence-electron chi connectivity index (χ4n) is 2.26. The standard InChI is InChI=1S/C14H19FN2O2/c1-19-9-3-2-8-17-13(18)10-16-14(17)11-4-6-12(15)7-5-11/h4-7,14,16H,2-3,8-10H2,1H3. The summed E-state index contributed by atoms with van der Waals surface area (Å²) in [4.78, 5) is 13.7. The lowest BCUT2D eigenvalue weighted by Crippen LogP contribution is -2.31. The number of rotatable bonds is 6. The van der Waals surface area contributed by atoms with E-state index >= 15 is 0 Å². The van der Waals surface area contributed by atoms with E-state index in [1.165, 1.54) is 12.1 Å². The van der Waals surface area contributed by atoms with Crippen LogP contribution < -0.4 is 5.32 Å². The van der Waals surface area contributed by atoms with Crippen LogP contribution in [0.3, 0.4) is 0 Å². The van der Waals surface area contributed by atoms with Gasteiger partial charge in [0.15, 0.2) is 0 Å². The highest BCUT2D eigenvalue weighted by Gasteiger charge is 2.30. The van der Waals surface area contributed by atoms with Gasteiger partial charge in [-0.2, -0.15) is 0 Å². The van der Waals surface area contributed by atoms with Crippen LogP contribution in [-0.2, 0) is 9.53 Å². The van der Waals surface area contributed by atoms with Crippen molar-refractivity contribution < 1.29 is 13.9 Å². The molecule has 1 N–H and O–H groups in total. The number of methoxy groups -OCH3 is 1. The number of hydrogen-bond acceptors (Lipinski definition) is 3. The molecule has 19 heavy (non-hydrogen) atoms. The van der Waals surface area contributed by atoms with Gasteiger partial charge >= 0.3 is 0 Å². The highest BCUT2D eigenvalue weighted by Crippen LogP contribution is 2.23. The van der Waals surface area contributed by atoms with Crippen LogP contribution >= 0.6 is 0 Å². The van der Waals surface area contributed by atoms with Crippen molar-refractivity contribution in [1.82, 2.24) is 10.2 Å². The summed E-state index contributed by atoms with van der Waals surface area (Å²) in [7, 11) is 1.67. The van der Waals surface area contributed by atoms with Gasteiger partial charge in [0.1, 0.15) is 12.0 Å². The number of benzene rings is 1. The number of hydrogen-bond donors (Lipinski definition) is 1. The number of amides is 1. The van der Waals surface area contributed by atoms with Crippen molar-refractivity contribution in [3.63, 3.8) is 0 Å². The van der Waals surface area contributed by atoms with E-state index in [0.29, 0.717) is 19.7 Å². The molecule has 1 amide bonds. The summed E-state index contributed by atoms with van der Waals surface area (Å²) >= 11 is 0. The molecule has 1 heterocycles. The van der Waals surface area contributed by atoms with Gasteiger partial charge in [-0.05, 0) is 30.5 Å². The molecule has 0 bridgehead atoms. The molecule has 4 nitrogen and oxygen atoms in total. The minimum absolute atomic E-state index is 0.0896. The van der Waals surface area contributed by atoms with Crippen LogP contribution in [0.2, 0.25) is 0 Å². The van der Waals surface area contributed by atoms with Crippen LogP contribution in [0.4, 0.5) is 4.39 Å². The lowest BCUT2D eigenvalue weighted by Gasteiger charge is -2.24. The quantitative estimate of drug-likeness (QED) is 0.797. The first kappa shape index (κ1) is 14.0. The number of carbonyl (C=O) groups excluding carboxylic acids is 1. The predicted octanol–water partition coefficient (Wildman–Crippen LogP) is 1.68. The van der Waals surface area contributed by atoms with Crippen molar-refractivity contribution in [2.45, 2.75) is 19.0 Å². The normalized spacial score (nSPS) is 19.2. The van der Waals surface area contributed by atoms with Gasteiger partial charge < -0.3 is 9.64 Å². The molecule has 0 radical (unpaired) electrons. The number of unbranched alkanes of at least 4 members (excludes halogenated alkanes) is 1.